The first-order valence-electron chi connectivity index (χ1n) is 9.24. The molecule has 1 spiro atoms. The summed E-state index contributed by atoms with van der Waals surface area (Å²) in [5.74, 6) is -0.705. The molecule has 0 aromatic heterocycles. The molecule has 0 N–H and O–H groups in total. The first-order valence-corrected chi connectivity index (χ1v) is 9.24. The van der Waals surface area contributed by atoms with Crippen molar-refractivity contribution in [3.8, 4) is 0 Å². The molecule has 3 aliphatic rings. The highest BCUT2D eigenvalue weighted by Gasteiger charge is 2.57. The summed E-state index contributed by atoms with van der Waals surface area (Å²) in [4.78, 5) is 12.1. The lowest BCUT2D eigenvalue weighted by atomic mass is 9.87. The predicted molar refractivity (Wildman–Crippen MR) is 97.0 cm³/mol. The van der Waals surface area contributed by atoms with Gasteiger partial charge in [-0.05, 0) is 22.8 Å². The second-order valence-corrected chi connectivity index (χ2v) is 7.22. The third-order valence-corrected chi connectivity index (χ3v) is 5.61. The Kier molecular flexibility index (Phi) is 3.94. The van der Waals surface area contributed by atoms with Crippen molar-refractivity contribution >= 4 is 5.57 Å². The average molecular weight is 350 g/mol. The Bertz CT molecular complexity index is 795. The molecule has 5 rings (SSSR count). The van der Waals surface area contributed by atoms with Gasteiger partial charge in [-0.2, -0.15) is 4.89 Å². The molecule has 2 unspecified atom stereocenters. The molecule has 134 valence electrons. The third kappa shape index (κ3) is 2.61. The molecular weight excluding hydrogens is 328 g/mol. The second-order valence-electron chi connectivity index (χ2n) is 7.22. The lowest BCUT2D eigenvalue weighted by Gasteiger charge is -2.48. The first-order chi connectivity index (χ1) is 12.8. The van der Waals surface area contributed by atoms with Crippen LogP contribution in [-0.4, -0.2) is 25.1 Å². The van der Waals surface area contributed by atoms with Crippen molar-refractivity contribution in [3.63, 3.8) is 0 Å². The smallest absolute Gasteiger partial charge is 0.206 e. The van der Waals surface area contributed by atoms with Gasteiger partial charge in [-0.25, -0.2) is 4.89 Å². The van der Waals surface area contributed by atoms with Crippen molar-refractivity contribution in [2.75, 3.05) is 13.2 Å². The molecule has 0 saturated carbocycles. The Morgan fingerprint density at radius 1 is 0.808 bits per heavy atom. The highest BCUT2D eigenvalue weighted by atomic mass is 17.3. The lowest BCUT2D eigenvalue weighted by Crippen LogP contribution is -2.56. The molecule has 1 aliphatic carbocycles. The molecule has 4 nitrogen and oxygen atoms in total. The predicted octanol–water partition coefficient (Wildman–Crippen LogP) is 4.22. The first kappa shape index (κ1) is 16.2. The van der Waals surface area contributed by atoms with E-state index >= 15 is 0 Å². The van der Waals surface area contributed by atoms with Gasteiger partial charge >= 0.3 is 0 Å². The van der Waals surface area contributed by atoms with Gasteiger partial charge in [0.25, 0.3) is 0 Å². The molecule has 2 aliphatic heterocycles. The summed E-state index contributed by atoms with van der Waals surface area (Å²) >= 11 is 0. The Hall–Kier alpha value is -1.98. The number of ether oxygens (including phenoxy) is 2. The van der Waals surface area contributed by atoms with Crippen molar-refractivity contribution < 1.29 is 19.2 Å². The minimum atomic E-state index is -0.705. The van der Waals surface area contributed by atoms with Crippen molar-refractivity contribution in [1.29, 1.82) is 0 Å². The SMILES string of the molecule is C1=C(c2ccccc2)CC2(c3ccccc3)OOC3(CCOCC3)OC12. The van der Waals surface area contributed by atoms with E-state index in [0.717, 1.165) is 12.0 Å². The highest BCUT2D eigenvalue weighted by Crippen LogP contribution is 2.52. The van der Waals surface area contributed by atoms with Gasteiger partial charge in [-0.1, -0.05) is 60.7 Å². The number of rotatable bonds is 2. The van der Waals surface area contributed by atoms with E-state index in [0.29, 0.717) is 26.1 Å². The number of fused-ring (bicyclic) bond motifs is 1. The van der Waals surface area contributed by atoms with Gasteiger partial charge in [0.2, 0.25) is 5.79 Å². The molecule has 0 amide bonds. The summed E-state index contributed by atoms with van der Waals surface area (Å²) in [6.45, 7) is 1.26. The van der Waals surface area contributed by atoms with E-state index in [-0.39, 0.29) is 6.10 Å². The molecule has 2 fully saturated rings. The summed E-state index contributed by atoms with van der Waals surface area (Å²) < 4.78 is 12.0. The van der Waals surface area contributed by atoms with Crippen molar-refractivity contribution in [2.45, 2.75) is 36.8 Å². The number of hydrogen-bond acceptors (Lipinski definition) is 4. The Morgan fingerprint density at radius 2 is 1.50 bits per heavy atom. The van der Waals surface area contributed by atoms with Crippen LogP contribution in [0.2, 0.25) is 0 Å². The molecule has 26 heavy (non-hydrogen) atoms. The van der Waals surface area contributed by atoms with Crippen LogP contribution in [0.25, 0.3) is 5.57 Å². The van der Waals surface area contributed by atoms with E-state index in [1.807, 2.05) is 24.3 Å². The largest absolute Gasteiger partial charge is 0.381 e. The average Bonchev–Trinajstić information content (AvgIpc) is 3.10. The fourth-order valence-electron chi connectivity index (χ4n) is 4.14. The fraction of sp³-hybridized carbons (Fsp3) is 0.364. The third-order valence-electron chi connectivity index (χ3n) is 5.61. The van der Waals surface area contributed by atoms with Gasteiger partial charge in [-0.3, -0.25) is 0 Å². The van der Waals surface area contributed by atoms with Crippen molar-refractivity contribution in [3.05, 3.63) is 77.9 Å². The summed E-state index contributed by atoms with van der Waals surface area (Å²) in [5.41, 5.74) is 2.86. The molecular formula is C22H22O4. The van der Waals surface area contributed by atoms with Crippen LogP contribution in [0.15, 0.2) is 66.7 Å². The van der Waals surface area contributed by atoms with E-state index in [1.54, 1.807) is 0 Å². The Morgan fingerprint density at radius 3 is 2.23 bits per heavy atom. The minimum Gasteiger partial charge on any atom is -0.381 e. The summed E-state index contributed by atoms with van der Waals surface area (Å²) in [6.07, 6.45) is 4.11. The van der Waals surface area contributed by atoms with Crippen molar-refractivity contribution in [1.82, 2.24) is 0 Å². The molecule has 2 atom stereocenters. The quantitative estimate of drug-likeness (QED) is 0.760. The van der Waals surface area contributed by atoms with Crippen LogP contribution in [0, 0.1) is 0 Å². The summed E-state index contributed by atoms with van der Waals surface area (Å²) in [6, 6.07) is 20.7. The van der Waals surface area contributed by atoms with Gasteiger partial charge < -0.3 is 9.47 Å². The molecule has 0 radical (unpaired) electrons. The number of hydrogen-bond donors (Lipinski definition) is 0. The second kappa shape index (κ2) is 6.32. The normalized spacial score (nSPS) is 30.0. The highest BCUT2D eigenvalue weighted by molar-refractivity contribution is 5.70. The molecule has 2 aromatic rings. The Balaban J connectivity index is 1.54. The zero-order valence-corrected chi connectivity index (χ0v) is 14.6. The fourth-order valence-corrected chi connectivity index (χ4v) is 4.14. The monoisotopic (exact) mass is 350 g/mol. The minimum absolute atomic E-state index is 0.188. The van der Waals surface area contributed by atoms with E-state index < -0.39 is 11.4 Å². The van der Waals surface area contributed by atoms with Crippen LogP contribution in [0.3, 0.4) is 0 Å². The van der Waals surface area contributed by atoms with Gasteiger partial charge in [0, 0.05) is 19.3 Å². The zero-order valence-electron chi connectivity index (χ0n) is 14.6. The maximum absolute atomic E-state index is 6.54. The standard InChI is InChI=1S/C22H22O4/c1-3-7-17(8-4-1)18-15-20-22(16-18,19-9-5-2-6-10-19)26-25-21(24-20)11-13-23-14-12-21/h1-10,15,20H,11-14,16H2. The van der Waals surface area contributed by atoms with Crippen molar-refractivity contribution in [2.24, 2.45) is 0 Å². The molecule has 2 saturated heterocycles. The Labute approximate surface area is 153 Å². The van der Waals surface area contributed by atoms with Crippen LogP contribution in [-0.2, 0) is 24.8 Å². The topological polar surface area (TPSA) is 36.9 Å². The van der Waals surface area contributed by atoms with Crippen LogP contribution in [0.1, 0.15) is 30.4 Å². The lowest BCUT2D eigenvalue weighted by molar-refractivity contribution is -0.533. The van der Waals surface area contributed by atoms with E-state index in [9.17, 15) is 0 Å². The molecule has 0 bridgehead atoms. The molecule has 2 aromatic carbocycles. The van der Waals surface area contributed by atoms with Gasteiger partial charge in [0.15, 0.2) is 5.60 Å². The maximum Gasteiger partial charge on any atom is 0.206 e. The van der Waals surface area contributed by atoms with Gasteiger partial charge in [0.05, 0.1) is 13.2 Å². The van der Waals surface area contributed by atoms with E-state index in [2.05, 4.69) is 42.5 Å². The summed E-state index contributed by atoms with van der Waals surface area (Å²) in [7, 11) is 0. The van der Waals surface area contributed by atoms with Gasteiger partial charge in [-0.15, -0.1) is 0 Å². The maximum atomic E-state index is 6.54. The number of benzene rings is 2. The summed E-state index contributed by atoms with van der Waals surface area (Å²) in [5, 5.41) is 0. The van der Waals surface area contributed by atoms with Gasteiger partial charge in [0.1, 0.15) is 6.10 Å². The van der Waals surface area contributed by atoms with E-state index in [4.69, 9.17) is 19.2 Å². The molecule has 4 heteroatoms. The van der Waals surface area contributed by atoms with Crippen LogP contribution in [0.5, 0.6) is 0 Å². The molecule has 2 heterocycles. The van der Waals surface area contributed by atoms with Crippen LogP contribution in [0.4, 0.5) is 0 Å². The van der Waals surface area contributed by atoms with Crippen LogP contribution < -0.4 is 0 Å². The van der Waals surface area contributed by atoms with E-state index in [1.165, 1.54) is 11.1 Å². The van der Waals surface area contributed by atoms with Crippen LogP contribution >= 0.6 is 0 Å². The zero-order chi connectivity index (χ0) is 17.5.